The van der Waals surface area contributed by atoms with Gasteiger partial charge < -0.3 is 15.6 Å². The number of aromatic hydroxyl groups is 1. The van der Waals surface area contributed by atoms with Crippen molar-refractivity contribution in [2.75, 3.05) is 12.3 Å². The van der Waals surface area contributed by atoms with Crippen LogP contribution in [-0.4, -0.2) is 11.7 Å². The third-order valence-electron chi connectivity index (χ3n) is 1.35. The Morgan fingerprint density at radius 3 is 3.00 bits per heavy atom. The van der Waals surface area contributed by atoms with E-state index < -0.39 is 0 Å². The van der Waals surface area contributed by atoms with Gasteiger partial charge >= 0.3 is 0 Å². The zero-order valence-corrected chi connectivity index (χ0v) is 6.45. The van der Waals surface area contributed by atoms with Crippen LogP contribution in [0.2, 0.25) is 0 Å². The van der Waals surface area contributed by atoms with E-state index in [0.29, 0.717) is 5.75 Å². The van der Waals surface area contributed by atoms with Gasteiger partial charge in [-0.05, 0) is 12.1 Å². The molecule has 0 radical (unpaired) electrons. The Morgan fingerprint density at radius 2 is 2.33 bits per heavy atom. The summed E-state index contributed by atoms with van der Waals surface area (Å²) in [6.07, 6.45) is 4.99. The molecule has 0 aliphatic rings. The van der Waals surface area contributed by atoms with Crippen LogP contribution in [0.15, 0.2) is 18.2 Å². The summed E-state index contributed by atoms with van der Waals surface area (Å²) in [5.74, 6) is 2.72. The van der Waals surface area contributed by atoms with Crippen molar-refractivity contribution < 1.29 is 9.84 Å². The third kappa shape index (κ3) is 1.61. The van der Waals surface area contributed by atoms with Crippen LogP contribution in [0.4, 0.5) is 5.69 Å². The first-order valence-electron chi connectivity index (χ1n) is 3.39. The monoisotopic (exact) mass is 163 g/mol. The lowest BCUT2D eigenvalue weighted by molar-refractivity contribution is 0.369. The van der Waals surface area contributed by atoms with Gasteiger partial charge in [-0.1, -0.05) is 12.0 Å². The van der Waals surface area contributed by atoms with E-state index in [-0.39, 0.29) is 18.0 Å². The molecule has 0 heterocycles. The summed E-state index contributed by atoms with van der Waals surface area (Å²) < 4.78 is 5.05. The molecule has 1 rings (SSSR count). The molecule has 1 aromatic rings. The number of rotatable bonds is 2. The first-order valence-corrected chi connectivity index (χ1v) is 3.39. The number of terminal acetylenes is 1. The minimum Gasteiger partial charge on any atom is -0.506 e. The minimum atomic E-state index is 0.00419. The summed E-state index contributed by atoms with van der Waals surface area (Å²) in [6, 6.07) is 4.77. The van der Waals surface area contributed by atoms with E-state index in [1.54, 1.807) is 12.1 Å². The lowest BCUT2D eigenvalue weighted by Crippen LogP contribution is -1.97. The fraction of sp³-hybridized carbons (Fsp3) is 0.111. The van der Waals surface area contributed by atoms with Crippen molar-refractivity contribution in [2.45, 2.75) is 0 Å². The smallest absolute Gasteiger partial charge is 0.148 e. The molecule has 0 atom stereocenters. The van der Waals surface area contributed by atoms with E-state index in [9.17, 15) is 0 Å². The average Bonchev–Trinajstić information content (AvgIpc) is 2.08. The Kier molecular flexibility index (Phi) is 2.44. The molecule has 0 fully saturated rings. The van der Waals surface area contributed by atoms with E-state index in [1.165, 1.54) is 6.07 Å². The molecule has 3 nitrogen and oxygen atoms in total. The fourth-order valence-electron chi connectivity index (χ4n) is 0.778. The molecule has 0 aliphatic carbocycles. The molecule has 3 N–H and O–H groups in total. The molecule has 0 saturated carbocycles. The number of nitrogens with two attached hydrogens (primary N) is 1. The maximum absolute atomic E-state index is 9.14. The van der Waals surface area contributed by atoms with Gasteiger partial charge in [0.15, 0.2) is 0 Å². The van der Waals surface area contributed by atoms with Crippen molar-refractivity contribution >= 4 is 5.69 Å². The second-order valence-corrected chi connectivity index (χ2v) is 2.18. The van der Waals surface area contributed by atoms with Crippen molar-refractivity contribution in [3.8, 4) is 23.8 Å². The number of phenolic OH excluding ortho intramolecular Hbond substituents is 1. The van der Waals surface area contributed by atoms with Crippen LogP contribution >= 0.6 is 0 Å². The van der Waals surface area contributed by atoms with Gasteiger partial charge in [0.25, 0.3) is 0 Å². The highest BCUT2D eigenvalue weighted by Crippen LogP contribution is 2.29. The normalized spacial score (nSPS) is 8.92. The predicted octanol–water partition coefficient (Wildman–Crippen LogP) is 0.986. The molecule has 0 bridgehead atoms. The molecule has 0 saturated heterocycles. The van der Waals surface area contributed by atoms with Crippen molar-refractivity contribution in [1.29, 1.82) is 0 Å². The molecule has 0 amide bonds. The summed E-state index contributed by atoms with van der Waals surface area (Å²) in [6.45, 7) is 0.146. The maximum atomic E-state index is 9.14. The van der Waals surface area contributed by atoms with Crippen LogP contribution < -0.4 is 10.5 Å². The summed E-state index contributed by atoms with van der Waals surface area (Å²) in [7, 11) is 0. The Labute approximate surface area is 70.8 Å². The lowest BCUT2D eigenvalue weighted by atomic mass is 10.3. The largest absolute Gasteiger partial charge is 0.506 e. The molecule has 3 heteroatoms. The Hall–Kier alpha value is -1.82. The quantitative estimate of drug-likeness (QED) is 0.388. The van der Waals surface area contributed by atoms with Gasteiger partial charge in [0.2, 0.25) is 0 Å². The number of hydrogen-bond acceptors (Lipinski definition) is 3. The SMILES string of the molecule is C#CCOc1cccc(O)c1N. The van der Waals surface area contributed by atoms with Gasteiger partial charge in [0.1, 0.15) is 23.8 Å². The number of nitrogen functional groups attached to an aromatic ring is 1. The van der Waals surface area contributed by atoms with Crippen LogP contribution in [0, 0.1) is 12.3 Å². The van der Waals surface area contributed by atoms with Gasteiger partial charge in [-0.2, -0.15) is 0 Å². The highest BCUT2D eigenvalue weighted by atomic mass is 16.5. The van der Waals surface area contributed by atoms with Crippen molar-refractivity contribution in [3.63, 3.8) is 0 Å². The third-order valence-corrected chi connectivity index (χ3v) is 1.35. The first-order chi connectivity index (χ1) is 5.75. The van der Waals surface area contributed by atoms with Crippen molar-refractivity contribution in [1.82, 2.24) is 0 Å². The molecule has 62 valence electrons. The van der Waals surface area contributed by atoms with E-state index in [1.807, 2.05) is 0 Å². The topological polar surface area (TPSA) is 55.5 Å². The average molecular weight is 163 g/mol. The minimum absolute atomic E-state index is 0.00419. The van der Waals surface area contributed by atoms with Crippen LogP contribution in [0.5, 0.6) is 11.5 Å². The van der Waals surface area contributed by atoms with Gasteiger partial charge in [0.05, 0.1) is 0 Å². The van der Waals surface area contributed by atoms with Crippen LogP contribution in [0.1, 0.15) is 0 Å². The van der Waals surface area contributed by atoms with Crippen molar-refractivity contribution in [3.05, 3.63) is 18.2 Å². The van der Waals surface area contributed by atoms with Gasteiger partial charge in [-0.25, -0.2) is 0 Å². The van der Waals surface area contributed by atoms with E-state index in [0.717, 1.165) is 0 Å². The standard InChI is InChI=1S/C9H9NO2/c1-2-6-12-8-5-3-4-7(11)9(8)10/h1,3-5,11H,6,10H2. The molecule has 12 heavy (non-hydrogen) atoms. The number of para-hydroxylation sites is 1. The second kappa shape index (κ2) is 3.54. The molecular weight excluding hydrogens is 154 g/mol. The van der Waals surface area contributed by atoms with Gasteiger partial charge in [-0.15, -0.1) is 6.42 Å². The fourth-order valence-corrected chi connectivity index (χ4v) is 0.778. The zero-order chi connectivity index (χ0) is 8.97. The second-order valence-electron chi connectivity index (χ2n) is 2.18. The summed E-state index contributed by atoms with van der Waals surface area (Å²) in [5.41, 5.74) is 5.70. The van der Waals surface area contributed by atoms with Crippen LogP contribution in [-0.2, 0) is 0 Å². The summed E-state index contributed by atoms with van der Waals surface area (Å²) in [4.78, 5) is 0. The zero-order valence-electron chi connectivity index (χ0n) is 6.45. The van der Waals surface area contributed by atoms with E-state index in [4.69, 9.17) is 22.0 Å². The number of ether oxygens (including phenoxy) is 1. The highest BCUT2D eigenvalue weighted by Gasteiger charge is 2.02. The maximum Gasteiger partial charge on any atom is 0.148 e. The number of anilines is 1. The Morgan fingerprint density at radius 1 is 1.58 bits per heavy atom. The lowest BCUT2D eigenvalue weighted by Gasteiger charge is -2.06. The van der Waals surface area contributed by atoms with Crippen molar-refractivity contribution in [2.24, 2.45) is 0 Å². The first kappa shape index (κ1) is 8.28. The molecule has 0 aliphatic heterocycles. The molecule has 0 unspecified atom stereocenters. The number of benzene rings is 1. The van der Waals surface area contributed by atoms with E-state index in [2.05, 4.69) is 5.92 Å². The van der Waals surface area contributed by atoms with Crippen LogP contribution in [0.25, 0.3) is 0 Å². The summed E-state index contributed by atoms with van der Waals surface area (Å²) in [5, 5.41) is 9.14. The molecular formula is C9H9NO2. The van der Waals surface area contributed by atoms with E-state index >= 15 is 0 Å². The van der Waals surface area contributed by atoms with Gasteiger partial charge in [-0.3, -0.25) is 0 Å². The summed E-state index contributed by atoms with van der Waals surface area (Å²) >= 11 is 0. The highest BCUT2D eigenvalue weighted by molar-refractivity contribution is 5.61. The number of phenols is 1. The van der Waals surface area contributed by atoms with Crippen LogP contribution in [0.3, 0.4) is 0 Å². The predicted molar refractivity (Wildman–Crippen MR) is 46.8 cm³/mol. The molecule has 0 aromatic heterocycles. The molecule has 1 aromatic carbocycles. The van der Waals surface area contributed by atoms with Gasteiger partial charge in [0, 0.05) is 0 Å². The molecule has 0 spiro atoms. The Balaban J connectivity index is 2.86. The number of hydrogen-bond donors (Lipinski definition) is 2. The Bertz CT molecular complexity index is 315.